The van der Waals surface area contributed by atoms with Crippen molar-refractivity contribution in [3.8, 4) is 5.75 Å². The second kappa shape index (κ2) is 12.2. The Labute approximate surface area is 225 Å². The number of nitrogens with zero attached hydrogens (tertiary/aromatic N) is 1. The molecule has 6 atom stereocenters. The van der Waals surface area contributed by atoms with E-state index in [0.29, 0.717) is 0 Å². The van der Waals surface area contributed by atoms with Crippen LogP contribution in [0.2, 0.25) is 0 Å². The molecule has 39 heavy (non-hydrogen) atoms. The maximum Gasteiger partial charge on any atom is 0.459 e. The summed E-state index contributed by atoms with van der Waals surface area (Å²) in [5, 5.41) is 13.5. The third kappa shape index (κ3) is 7.05. The fourth-order valence-corrected chi connectivity index (χ4v) is 6.16. The van der Waals surface area contributed by atoms with Crippen molar-refractivity contribution in [3.05, 3.63) is 63.4 Å². The zero-order chi connectivity index (χ0) is 28.2. The number of aliphatic hydroxyl groups is 1. The van der Waals surface area contributed by atoms with Crippen LogP contribution >= 0.6 is 7.75 Å². The van der Waals surface area contributed by atoms with E-state index < -0.39 is 61.6 Å². The van der Waals surface area contributed by atoms with E-state index in [9.17, 15) is 24.1 Å². The predicted octanol–water partition coefficient (Wildman–Crippen LogP) is 1.57. The van der Waals surface area contributed by atoms with E-state index in [4.69, 9.17) is 24.3 Å². The molecule has 5 N–H and O–H groups in total. The van der Waals surface area contributed by atoms with Crippen molar-refractivity contribution in [1.29, 1.82) is 0 Å². The molecule has 2 heterocycles. The third-order valence-corrected chi connectivity index (χ3v) is 8.49. The fourth-order valence-electron chi connectivity index (χ4n) is 4.66. The van der Waals surface area contributed by atoms with Crippen LogP contribution in [0.15, 0.2) is 52.2 Å². The van der Waals surface area contributed by atoms with Crippen molar-refractivity contribution in [2.24, 2.45) is 5.73 Å². The summed E-state index contributed by atoms with van der Waals surface area (Å²) in [6.45, 7) is 2.50. The first-order valence-electron chi connectivity index (χ1n) is 12.9. The zero-order valence-corrected chi connectivity index (χ0v) is 22.8. The molecule has 0 radical (unpaired) electrons. The molecule has 1 aliphatic carbocycles. The molecule has 13 nitrogen and oxygen atoms in total. The molecule has 0 amide bonds. The van der Waals surface area contributed by atoms with E-state index in [-0.39, 0.29) is 11.9 Å². The summed E-state index contributed by atoms with van der Waals surface area (Å²) < 4.78 is 37.6. The van der Waals surface area contributed by atoms with Crippen LogP contribution < -0.4 is 26.6 Å². The summed E-state index contributed by atoms with van der Waals surface area (Å²) in [7, 11) is -4.23. The van der Waals surface area contributed by atoms with Gasteiger partial charge in [0.2, 0.25) is 0 Å². The van der Waals surface area contributed by atoms with Crippen molar-refractivity contribution < 1.29 is 33.0 Å². The van der Waals surface area contributed by atoms with Gasteiger partial charge >= 0.3 is 19.4 Å². The molecule has 1 aromatic heterocycles. The highest BCUT2D eigenvalue weighted by Gasteiger charge is 2.52. The molecule has 4 rings (SSSR count). The Morgan fingerprint density at radius 3 is 2.62 bits per heavy atom. The van der Waals surface area contributed by atoms with Gasteiger partial charge in [0.15, 0.2) is 6.23 Å². The van der Waals surface area contributed by atoms with Crippen molar-refractivity contribution in [3.63, 3.8) is 0 Å². The number of hydrogen-bond donors (Lipinski definition) is 4. The number of para-hydroxylation sites is 1. The van der Waals surface area contributed by atoms with Gasteiger partial charge in [0.25, 0.3) is 5.56 Å². The molecule has 0 spiro atoms. The molecule has 1 unspecified atom stereocenters. The summed E-state index contributed by atoms with van der Waals surface area (Å²) in [4.78, 5) is 38.6. The molecule has 2 aliphatic rings. The number of benzene rings is 1. The van der Waals surface area contributed by atoms with Gasteiger partial charge in [0.05, 0.1) is 12.1 Å². The Bertz CT molecular complexity index is 1290. The molecule has 1 aromatic carbocycles. The number of carbonyl (C=O) groups excluding carboxylic acids is 1. The van der Waals surface area contributed by atoms with Gasteiger partial charge in [-0.2, -0.15) is 5.09 Å². The summed E-state index contributed by atoms with van der Waals surface area (Å²) >= 11 is 0. The first kappa shape index (κ1) is 29.2. The first-order valence-corrected chi connectivity index (χ1v) is 14.4. The van der Waals surface area contributed by atoms with Crippen molar-refractivity contribution in [1.82, 2.24) is 14.6 Å². The Morgan fingerprint density at radius 2 is 1.95 bits per heavy atom. The maximum absolute atomic E-state index is 13.8. The quantitative estimate of drug-likeness (QED) is 0.242. The number of aliphatic hydroxyl groups excluding tert-OH is 1. The van der Waals surface area contributed by atoms with Gasteiger partial charge in [-0.15, -0.1) is 0 Å². The minimum absolute atomic E-state index is 0.191. The van der Waals surface area contributed by atoms with Gasteiger partial charge in [-0.1, -0.05) is 24.6 Å². The number of H-pyrrole nitrogens is 1. The van der Waals surface area contributed by atoms with E-state index in [1.807, 2.05) is 0 Å². The van der Waals surface area contributed by atoms with Crippen LogP contribution in [0.3, 0.4) is 0 Å². The number of aromatic amines is 1. The lowest BCUT2D eigenvalue weighted by molar-refractivity contribution is -0.152. The predicted molar refractivity (Wildman–Crippen MR) is 140 cm³/mol. The minimum Gasteiger partial charge on any atom is -0.461 e. The number of ether oxygens (including phenoxy) is 2. The fraction of sp³-hybridized carbons (Fsp3) is 0.560. The first-order chi connectivity index (χ1) is 18.5. The summed E-state index contributed by atoms with van der Waals surface area (Å²) in [6, 6.07) is 8.32. The smallest absolute Gasteiger partial charge is 0.459 e. The van der Waals surface area contributed by atoms with Gasteiger partial charge in [0, 0.05) is 12.3 Å². The lowest BCUT2D eigenvalue weighted by Gasteiger charge is -2.28. The summed E-state index contributed by atoms with van der Waals surface area (Å²) in [6.07, 6.45) is 1.97. The van der Waals surface area contributed by atoms with Crippen LogP contribution in [0.5, 0.6) is 5.75 Å². The molecular weight excluding hydrogens is 531 g/mol. The minimum atomic E-state index is -4.23. The topological polar surface area (TPSA) is 184 Å². The number of carbonyl (C=O) groups is 1. The van der Waals surface area contributed by atoms with E-state index in [1.165, 1.54) is 20.0 Å². The SMILES string of the molecule is C[C@H](NP(=O)(OC[C@H]1O[C@@H](n2ccc(=O)[nH]c2=O)[C@](C)(N)[C@@H]1O)Oc1ccccc1)C(=O)OC1CCCCC1. The van der Waals surface area contributed by atoms with Crippen LogP contribution in [0.25, 0.3) is 0 Å². The average Bonchev–Trinajstić information content (AvgIpc) is 3.12. The second-order valence-electron chi connectivity index (χ2n) is 10.1. The largest absolute Gasteiger partial charge is 0.461 e. The Hall–Kier alpha value is -2.80. The molecule has 214 valence electrons. The van der Waals surface area contributed by atoms with Crippen LogP contribution in [0.1, 0.15) is 52.2 Å². The van der Waals surface area contributed by atoms with E-state index in [2.05, 4.69) is 10.1 Å². The number of esters is 1. The maximum atomic E-state index is 13.8. The van der Waals surface area contributed by atoms with Crippen molar-refractivity contribution in [2.75, 3.05) is 6.61 Å². The number of hydrogen-bond acceptors (Lipinski definition) is 10. The molecule has 2 fully saturated rings. The van der Waals surface area contributed by atoms with Gasteiger partial charge in [-0.05, 0) is 51.7 Å². The molecule has 14 heteroatoms. The Kier molecular flexibility index (Phi) is 9.10. The summed E-state index contributed by atoms with van der Waals surface area (Å²) in [5.41, 5.74) is 3.45. The van der Waals surface area contributed by atoms with Crippen LogP contribution in [0, 0.1) is 0 Å². The number of nitrogens with one attached hydrogen (secondary N) is 2. The molecule has 1 saturated carbocycles. The molecule has 1 aliphatic heterocycles. The van der Waals surface area contributed by atoms with Crippen molar-refractivity contribution >= 4 is 13.7 Å². The van der Waals surface area contributed by atoms with Crippen molar-refractivity contribution in [2.45, 2.75) is 82.1 Å². The Balaban J connectivity index is 1.48. The average molecular weight is 567 g/mol. The van der Waals surface area contributed by atoms with Gasteiger partial charge < -0.3 is 24.8 Å². The van der Waals surface area contributed by atoms with Gasteiger partial charge in [-0.3, -0.25) is 23.7 Å². The zero-order valence-electron chi connectivity index (χ0n) is 21.9. The van der Waals surface area contributed by atoms with Gasteiger partial charge in [0.1, 0.15) is 30.1 Å². The standard InChI is InChI=1S/C25H35N4O9P/c1-16(22(32)36-17-9-5-3-6-10-17)28-39(34,38-18-11-7-4-8-12-18)35-15-19-21(31)25(2,26)23(37-19)29-14-13-20(30)27-24(29)33/h4,7-8,11-14,16-17,19,21,23,31H,3,5-6,9-10,15,26H2,1-2H3,(H,28,34)(H,27,30,33)/t16-,19+,21+,23+,25+,39?/m0/s1. The highest BCUT2D eigenvalue weighted by Crippen LogP contribution is 2.46. The van der Waals surface area contributed by atoms with Crippen LogP contribution in [0.4, 0.5) is 0 Å². The van der Waals surface area contributed by atoms with Crippen LogP contribution in [-0.4, -0.2) is 57.1 Å². The highest BCUT2D eigenvalue weighted by molar-refractivity contribution is 7.52. The van der Waals surface area contributed by atoms with E-state index in [0.717, 1.165) is 42.7 Å². The lowest BCUT2D eigenvalue weighted by atomic mass is 9.93. The third-order valence-electron chi connectivity index (χ3n) is 6.85. The van der Waals surface area contributed by atoms with Gasteiger partial charge in [-0.25, -0.2) is 9.36 Å². The molecule has 0 bridgehead atoms. The lowest BCUT2D eigenvalue weighted by Crippen LogP contribution is -2.53. The number of nitrogens with two attached hydrogens (primary N) is 1. The normalized spacial score (nSPS) is 27.9. The van der Waals surface area contributed by atoms with E-state index in [1.54, 1.807) is 30.3 Å². The highest BCUT2D eigenvalue weighted by atomic mass is 31.2. The molecule has 1 saturated heterocycles. The number of rotatable bonds is 10. The number of aromatic nitrogens is 2. The second-order valence-corrected chi connectivity index (χ2v) is 11.8. The monoisotopic (exact) mass is 566 g/mol. The Morgan fingerprint density at radius 1 is 1.26 bits per heavy atom. The van der Waals surface area contributed by atoms with E-state index >= 15 is 0 Å². The van der Waals surface area contributed by atoms with Crippen LogP contribution in [-0.2, 0) is 23.4 Å². The molecular formula is C25H35N4O9P. The summed E-state index contributed by atoms with van der Waals surface area (Å²) in [5.74, 6) is -0.373. The molecule has 2 aromatic rings.